The van der Waals surface area contributed by atoms with E-state index in [4.69, 9.17) is 4.74 Å². The fraction of sp³-hybridized carbons (Fsp3) is 0.222. The average Bonchev–Trinajstić information content (AvgIpc) is 3.09. The van der Waals surface area contributed by atoms with Gasteiger partial charge in [-0.3, -0.25) is 19.2 Å². The fourth-order valence-corrected chi connectivity index (χ4v) is 6.77. The van der Waals surface area contributed by atoms with Gasteiger partial charge in [-0.1, -0.05) is 66.7 Å². The van der Waals surface area contributed by atoms with E-state index in [1.54, 1.807) is 66.7 Å². The van der Waals surface area contributed by atoms with Crippen LogP contribution in [-0.4, -0.2) is 57.6 Å². The van der Waals surface area contributed by atoms with Crippen LogP contribution in [0.1, 0.15) is 41.3 Å². The monoisotopic (exact) mass is 689 g/mol. The van der Waals surface area contributed by atoms with Crippen LogP contribution in [0.15, 0.2) is 103 Å². The van der Waals surface area contributed by atoms with Crippen LogP contribution in [0.4, 0.5) is 8.78 Å². The van der Waals surface area contributed by atoms with Gasteiger partial charge < -0.3 is 30.9 Å². The molecule has 0 bridgehead atoms. The Morgan fingerprint density at radius 3 is 2.00 bits per heavy atom. The first-order chi connectivity index (χ1) is 23.5. The molecule has 0 aromatic heterocycles. The highest BCUT2D eigenvalue weighted by Crippen LogP contribution is 2.46. The Labute approximate surface area is 284 Å². The summed E-state index contributed by atoms with van der Waals surface area (Å²) in [7, 11) is 0. The highest BCUT2D eigenvalue weighted by molar-refractivity contribution is 8.00. The second-order valence-corrected chi connectivity index (χ2v) is 12.5. The molecular formula is C36H33F2N3O7S. The number of aliphatic hydroxyl groups is 1. The van der Waals surface area contributed by atoms with Crippen LogP contribution in [0.5, 0.6) is 5.75 Å². The zero-order valence-corrected chi connectivity index (χ0v) is 27.0. The molecule has 49 heavy (non-hydrogen) atoms. The number of thioether (sulfide) groups is 1. The predicted molar refractivity (Wildman–Crippen MR) is 177 cm³/mol. The number of nitrogens with one attached hydrogen (secondary N) is 3. The molecule has 0 saturated carbocycles. The molecule has 3 amide bonds. The summed E-state index contributed by atoms with van der Waals surface area (Å²) in [4.78, 5) is 50.0. The third-order valence-corrected chi connectivity index (χ3v) is 9.45. The van der Waals surface area contributed by atoms with Crippen molar-refractivity contribution in [2.24, 2.45) is 0 Å². The molecule has 0 radical (unpaired) electrons. The smallest absolute Gasteiger partial charge is 0.325 e. The Balaban J connectivity index is 1.29. The van der Waals surface area contributed by atoms with Crippen LogP contribution in [0, 0.1) is 11.6 Å². The number of carbonyl (C=O) groups is 4. The zero-order valence-electron chi connectivity index (χ0n) is 26.1. The van der Waals surface area contributed by atoms with E-state index >= 15 is 0 Å². The molecule has 1 unspecified atom stereocenters. The van der Waals surface area contributed by atoms with Crippen molar-refractivity contribution in [3.05, 3.63) is 137 Å². The number of benzene rings is 4. The minimum Gasteiger partial charge on any atom is -0.484 e. The van der Waals surface area contributed by atoms with Crippen LogP contribution in [0.25, 0.3) is 0 Å². The van der Waals surface area contributed by atoms with E-state index in [1.165, 1.54) is 55.1 Å². The number of β-lactam (4-membered cyclic amide) rings is 1. The van der Waals surface area contributed by atoms with Gasteiger partial charge in [0.2, 0.25) is 11.8 Å². The lowest BCUT2D eigenvalue weighted by Gasteiger charge is -2.50. The summed E-state index contributed by atoms with van der Waals surface area (Å²) in [5, 5.41) is 27.1. The zero-order chi connectivity index (χ0) is 35.1. The average molecular weight is 690 g/mol. The number of carboxylic acids is 1. The predicted octanol–water partition coefficient (Wildman–Crippen LogP) is 4.00. The number of halogens is 2. The molecular weight excluding hydrogens is 656 g/mol. The van der Waals surface area contributed by atoms with Gasteiger partial charge in [-0.25, -0.2) is 8.78 Å². The fourth-order valence-electron chi connectivity index (χ4n) is 5.41. The molecule has 1 fully saturated rings. The highest BCUT2D eigenvalue weighted by Gasteiger charge is 2.56. The van der Waals surface area contributed by atoms with Gasteiger partial charge in [0.05, 0.1) is 6.10 Å². The van der Waals surface area contributed by atoms with Crippen molar-refractivity contribution in [3.63, 3.8) is 0 Å². The van der Waals surface area contributed by atoms with Crippen LogP contribution >= 0.6 is 11.8 Å². The van der Waals surface area contributed by atoms with Crippen molar-refractivity contribution in [1.29, 1.82) is 0 Å². The van der Waals surface area contributed by atoms with Crippen LogP contribution in [0.2, 0.25) is 0 Å². The number of aliphatic hydroxyl groups excluding tert-OH is 1. The largest absolute Gasteiger partial charge is 0.484 e. The number of hydrogen-bond acceptors (Lipinski definition) is 7. The molecule has 4 aromatic rings. The topological polar surface area (TPSA) is 154 Å². The van der Waals surface area contributed by atoms with Crippen molar-refractivity contribution in [1.82, 2.24) is 16.0 Å². The van der Waals surface area contributed by atoms with E-state index in [-0.39, 0.29) is 11.7 Å². The first-order valence-corrected chi connectivity index (χ1v) is 16.3. The summed E-state index contributed by atoms with van der Waals surface area (Å²) < 4.78 is 33.0. The van der Waals surface area contributed by atoms with Gasteiger partial charge in [-0.2, -0.15) is 0 Å². The number of carbonyl (C=O) groups excluding carboxylic acids is 3. The quantitative estimate of drug-likeness (QED) is 0.125. The summed E-state index contributed by atoms with van der Waals surface area (Å²) in [6, 6.07) is 23.8. The molecule has 0 spiro atoms. The molecule has 1 saturated heterocycles. The molecule has 5 rings (SSSR count). The number of carboxylic acid groups (broad SMARTS) is 1. The second kappa shape index (κ2) is 15.3. The molecule has 0 aliphatic carbocycles. The van der Waals surface area contributed by atoms with Gasteiger partial charge in [0, 0.05) is 5.75 Å². The van der Waals surface area contributed by atoms with Crippen LogP contribution in [-0.2, 0) is 24.7 Å². The van der Waals surface area contributed by atoms with Crippen LogP contribution < -0.4 is 20.7 Å². The number of aliphatic carboxylic acids is 1. The standard InChI is InChI=1S/C36H33F2N3O7S/c1-21(35(46)47)39-33(44)31(23-5-3-2-4-6-23)40-30(43)19-48-28-17-11-25(12-18-28)36(24-9-15-27(38)16-10-24)32(34(45)41-36)49-20-29(42)22-7-13-26(37)14-8-22/h2-18,21,29,31-32,42H,19-20H2,1H3,(H,39,44)(H,40,43)(H,41,45)(H,46,47)/t21-,29?,31-,32+,36+/m1/s1. The minimum atomic E-state index is -1.23. The SMILES string of the molecule is C[C@@H](NC(=O)[C@H](NC(=O)COc1ccc([C@]2(c3ccc(F)cc3)NC(=O)[C@@H]2SCC(O)c2ccc(F)cc2)cc1)c1ccccc1)C(=O)O. The first kappa shape index (κ1) is 35.0. The van der Waals surface area contributed by atoms with E-state index < -0.39 is 65.0 Å². The Bertz CT molecular complexity index is 1790. The molecule has 5 atom stereocenters. The molecule has 1 aliphatic rings. The maximum absolute atomic E-state index is 13.9. The first-order valence-electron chi connectivity index (χ1n) is 15.2. The highest BCUT2D eigenvalue weighted by atomic mass is 32.2. The molecule has 4 aromatic carbocycles. The summed E-state index contributed by atoms with van der Waals surface area (Å²) in [5.74, 6) is -3.31. The van der Waals surface area contributed by atoms with Crippen molar-refractivity contribution < 1.29 is 42.9 Å². The molecule has 13 heteroatoms. The van der Waals surface area contributed by atoms with Gasteiger partial charge in [0.1, 0.15) is 40.3 Å². The number of amides is 3. The number of ether oxygens (including phenoxy) is 1. The van der Waals surface area contributed by atoms with Gasteiger partial charge in [-0.15, -0.1) is 11.8 Å². The molecule has 10 nitrogen and oxygen atoms in total. The van der Waals surface area contributed by atoms with E-state index in [9.17, 15) is 38.2 Å². The molecule has 5 N–H and O–H groups in total. The van der Waals surface area contributed by atoms with Crippen molar-refractivity contribution in [3.8, 4) is 5.75 Å². The van der Waals surface area contributed by atoms with Gasteiger partial charge >= 0.3 is 5.97 Å². The van der Waals surface area contributed by atoms with E-state index in [0.29, 0.717) is 28.0 Å². The van der Waals surface area contributed by atoms with E-state index in [0.717, 1.165) is 0 Å². The maximum Gasteiger partial charge on any atom is 0.325 e. The summed E-state index contributed by atoms with van der Waals surface area (Å²) in [5.41, 5.74) is 1.10. The lowest BCUT2D eigenvalue weighted by molar-refractivity contribution is -0.141. The minimum absolute atomic E-state index is 0.125. The van der Waals surface area contributed by atoms with Gasteiger partial charge in [0.25, 0.3) is 5.91 Å². The lowest BCUT2D eigenvalue weighted by Crippen LogP contribution is -2.69. The summed E-state index contributed by atoms with van der Waals surface area (Å²) >= 11 is 1.21. The molecule has 254 valence electrons. The lowest BCUT2D eigenvalue weighted by atomic mass is 9.74. The maximum atomic E-state index is 13.9. The van der Waals surface area contributed by atoms with Crippen molar-refractivity contribution in [2.45, 2.75) is 35.9 Å². The van der Waals surface area contributed by atoms with E-state index in [2.05, 4.69) is 16.0 Å². The van der Waals surface area contributed by atoms with Crippen LogP contribution in [0.3, 0.4) is 0 Å². The number of hydrogen-bond donors (Lipinski definition) is 5. The summed E-state index contributed by atoms with van der Waals surface area (Å²) in [6.07, 6.45) is -0.972. The Morgan fingerprint density at radius 1 is 0.857 bits per heavy atom. The second-order valence-electron chi connectivity index (χ2n) is 11.4. The third kappa shape index (κ3) is 8.07. The van der Waals surface area contributed by atoms with Gasteiger partial charge in [0.15, 0.2) is 6.61 Å². The van der Waals surface area contributed by atoms with Crippen molar-refractivity contribution >= 4 is 35.5 Å². The molecule has 1 heterocycles. The van der Waals surface area contributed by atoms with Crippen molar-refractivity contribution in [2.75, 3.05) is 12.4 Å². The van der Waals surface area contributed by atoms with Gasteiger partial charge in [-0.05, 0) is 65.6 Å². The Kier molecular flexibility index (Phi) is 10.9. The van der Waals surface area contributed by atoms with E-state index in [1.807, 2.05) is 0 Å². The third-order valence-electron chi connectivity index (χ3n) is 8.04. The summed E-state index contributed by atoms with van der Waals surface area (Å²) in [6.45, 7) is 0.842. The Morgan fingerprint density at radius 2 is 1.43 bits per heavy atom. The normalized spacial score (nSPS) is 18.6. The molecule has 1 aliphatic heterocycles. The number of rotatable bonds is 14. The Hall–Kier alpha value is -5.27.